The summed E-state index contributed by atoms with van der Waals surface area (Å²) in [5, 5.41) is 8.81. The minimum atomic E-state index is -1.07. The fraction of sp³-hybridized carbons (Fsp3) is 0.267. The summed E-state index contributed by atoms with van der Waals surface area (Å²) < 4.78 is 0. The van der Waals surface area contributed by atoms with Gasteiger partial charge in [-0.1, -0.05) is 29.8 Å². The molecule has 1 aromatic heterocycles. The van der Waals surface area contributed by atoms with Crippen LogP contribution >= 0.6 is 0 Å². The highest BCUT2D eigenvalue weighted by atomic mass is 16.4. The second-order valence-electron chi connectivity index (χ2n) is 4.76. The summed E-state index contributed by atoms with van der Waals surface area (Å²) in [6.07, 6.45) is 2.75. The molecule has 5 nitrogen and oxygen atoms in total. The molecule has 1 heterocycles. The van der Waals surface area contributed by atoms with Gasteiger partial charge in [0.15, 0.2) is 5.69 Å². The van der Waals surface area contributed by atoms with Crippen molar-refractivity contribution in [3.05, 3.63) is 53.5 Å². The maximum Gasteiger partial charge on any atom is 0.356 e. The van der Waals surface area contributed by atoms with Gasteiger partial charge in [0.25, 0.3) is 0 Å². The first-order valence-electron chi connectivity index (χ1n) is 6.34. The Balaban J connectivity index is 2.19. The largest absolute Gasteiger partial charge is 0.476 e. The molecule has 0 saturated carbocycles. The van der Waals surface area contributed by atoms with Crippen molar-refractivity contribution in [2.75, 3.05) is 11.9 Å². The Morgan fingerprint density at radius 3 is 2.35 bits per heavy atom. The molecule has 1 unspecified atom stereocenters. The van der Waals surface area contributed by atoms with E-state index < -0.39 is 5.97 Å². The molecular weight excluding hydrogens is 254 g/mol. The molecule has 0 bridgehead atoms. The minimum Gasteiger partial charge on any atom is -0.476 e. The van der Waals surface area contributed by atoms with Crippen LogP contribution in [0.4, 0.5) is 5.82 Å². The molecule has 1 aromatic carbocycles. The summed E-state index contributed by atoms with van der Waals surface area (Å²) >= 11 is 0. The van der Waals surface area contributed by atoms with E-state index in [1.807, 2.05) is 18.9 Å². The number of aryl methyl sites for hydroxylation is 1. The Labute approximate surface area is 117 Å². The summed E-state index contributed by atoms with van der Waals surface area (Å²) in [4.78, 5) is 20.7. The number of rotatable bonds is 4. The summed E-state index contributed by atoms with van der Waals surface area (Å²) in [5.74, 6) is -0.429. The van der Waals surface area contributed by atoms with Crippen molar-refractivity contribution in [3.63, 3.8) is 0 Å². The second kappa shape index (κ2) is 5.69. The van der Waals surface area contributed by atoms with Gasteiger partial charge in [-0.05, 0) is 19.4 Å². The van der Waals surface area contributed by atoms with Crippen LogP contribution in [0.1, 0.15) is 34.6 Å². The third-order valence-electron chi connectivity index (χ3n) is 3.36. The van der Waals surface area contributed by atoms with Crippen LogP contribution in [0.2, 0.25) is 0 Å². The zero-order chi connectivity index (χ0) is 14.7. The molecule has 5 heteroatoms. The molecule has 0 aliphatic carbocycles. The number of nitrogens with zero attached hydrogens (tertiary/aromatic N) is 3. The third-order valence-corrected chi connectivity index (χ3v) is 3.36. The normalized spacial score (nSPS) is 11.9. The van der Waals surface area contributed by atoms with Crippen LogP contribution in [0.15, 0.2) is 36.7 Å². The van der Waals surface area contributed by atoms with Crippen LogP contribution in [-0.4, -0.2) is 28.1 Å². The average Bonchev–Trinajstić information content (AvgIpc) is 2.46. The van der Waals surface area contributed by atoms with E-state index in [1.54, 1.807) is 0 Å². The topological polar surface area (TPSA) is 66.3 Å². The van der Waals surface area contributed by atoms with Gasteiger partial charge in [0.1, 0.15) is 5.82 Å². The number of anilines is 1. The van der Waals surface area contributed by atoms with E-state index in [2.05, 4.69) is 41.2 Å². The van der Waals surface area contributed by atoms with Gasteiger partial charge in [-0.2, -0.15) is 0 Å². The van der Waals surface area contributed by atoms with Crippen LogP contribution in [0, 0.1) is 6.92 Å². The maximum atomic E-state index is 10.8. The highest BCUT2D eigenvalue weighted by Gasteiger charge is 2.14. The number of aromatic nitrogens is 2. The van der Waals surface area contributed by atoms with E-state index in [0.29, 0.717) is 5.82 Å². The monoisotopic (exact) mass is 271 g/mol. The van der Waals surface area contributed by atoms with Crippen molar-refractivity contribution in [3.8, 4) is 0 Å². The van der Waals surface area contributed by atoms with Crippen molar-refractivity contribution >= 4 is 11.8 Å². The third kappa shape index (κ3) is 2.93. The van der Waals surface area contributed by atoms with Crippen molar-refractivity contribution in [1.82, 2.24) is 9.97 Å². The smallest absolute Gasteiger partial charge is 0.356 e. The van der Waals surface area contributed by atoms with Gasteiger partial charge in [0, 0.05) is 7.05 Å². The zero-order valence-corrected chi connectivity index (χ0v) is 11.7. The quantitative estimate of drug-likeness (QED) is 0.926. The summed E-state index contributed by atoms with van der Waals surface area (Å²) in [5.41, 5.74) is 2.33. The molecule has 0 aliphatic rings. The van der Waals surface area contributed by atoms with Gasteiger partial charge in [-0.15, -0.1) is 0 Å². The number of aromatic carboxylic acids is 1. The summed E-state index contributed by atoms with van der Waals surface area (Å²) in [7, 11) is 1.91. The van der Waals surface area contributed by atoms with E-state index >= 15 is 0 Å². The van der Waals surface area contributed by atoms with Crippen molar-refractivity contribution in [1.29, 1.82) is 0 Å². The van der Waals surface area contributed by atoms with Gasteiger partial charge in [0.05, 0.1) is 18.4 Å². The van der Waals surface area contributed by atoms with Crippen LogP contribution < -0.4 is 4.90 Å². The molecule has 2 aromatic rings. The Morgan fingerprint density at radius 2 is 1.85 bits per heavy atom. The van der Waals surface area contributed by atoms with E-state index in [9.17, 15) is 4.79 Å². The SMILES string of the molecule is Cc1ccc(C(C)N(C)c2cnc(C(=O)O)cn2)cc1. The zero-order valence-electron chi connectivity index (χ0n) is 11.7. The number of carboxylic acids is 1. The number of hydrogen-bond donors (Lipinski definition) is 1. The van der Waals surface area contributed by atoms with E-state index in [-0.39, 0.29) is 11.7 Å². The van der Waals surface area contributed by atoms with Crippen LogP contribution in [0.25, 0.3) is 0 Å². The molecule has 0 spiro atoms. The lowest BCUT2D eigenvalue weighted by Crippen LogP contribution is -2.23. The van der Waals surface area contributed by atoms with E-state index in [0.717, 1.165) is 0 Å². The highest BCUT2D eigenvalue weighted by molar-refractivity contribution is 5.84. The number of carboxylic acid groups (broad SMARTS) is 1. The fourth-order valence-corrected chi connectivity index (χ4v) is 1.88. The van der Waals surface area contributed by atoms with Crippen LogP contribution in [0.5, 0.6) is 0 Å². The highest BCUT2D eigenvalue weighted by Crippen LogP contribution is 2.23. The molecule has 0 radical (unpaired) electrons. The average molecular weight is 271 g/mol. The first-order valence-corrected chi connectivity index (χ1v) is 6.34. The number of benzene rings is 1. The number of carbonyl (C=O) groups is 1. The lowest BCUT2D eigenvalue weighted by atomic mass is 10.1. The van der Waals surface area contributed by atoms with Gasteiger partial charge >= 0.3 is 5.97 Å². The van der Waals surface area contributed by atoms with Gasteiger partial charge < -0.3 is 10.0 Å². The first kappa shape index (κ1) is 14.0. The molecule has 1 atom stereocenters. The predicted molar refractivity (Wildman–Crippen MR) is 77.0 cm³/mol. The molecule has 0 fully saturated rings. The van der Waals surface area contributed by atoms with Crippen molar-refractivity contribution < 1.29 is 9.90 Å². The standard InChI is InChI=1S/C15H17N3O2/c1-10-4-6-12(7-5-10)11(2)18(3)14-9-16-13(8-17-14)15(19)20/h4-9,11H,1-3H3,(H,19,20). The molecule has 1 N–H and O–H groups in total. The summed E-state index contributed by atoms with van der Waals surface area (Å²) in [6, 6.07) is 8.42. The lowest BCUT2D eigenvalue weighted by molar-refractivity contribution is 0.0690. The van der Waals surface area contributed by atoms with Crippen LogP contribution in [-0.2, 0) is 0 Å². The van der Waals surface area contributed by atoms with Crippen molar-refractivity contribution in [2.24, 2.45) is 0 Å². The molecule has 0 aliphatic heterocycles. The fourth-order valence-electron chi connectivity index (χ4n) is 1.88. The second-order valence-corrected chi connectivity index (χ2v) is 4.76. The Morgan fingerprint density at radius 1 is 1.20 bits per heavy atom. The first-order chi connectivity index (χ1) is 9.49. The van der Waals surface area contributed by atoms with Gasteiger partial charge in [-0.3, -0.25) is 0 Å². The van der Waals surface area contributed by atoms with Gasteiger partial charge in [0.2, 0.25) is 0 Å². The minimum absolute atomic E-state index is 0.0508. The lowest BCUT2D eigenvalue weighted by Gasteiger charge is -2.26. The Hall–Kier alpha value is -2.43. The predicted octanol–water partition coefficient (Wildman–Crippen LogP) is 2.68. The van der Waals surface area contributed by atoms with Crippen LogP contribution in [0.3, 0.4) is 0 Å². The number of hydrogen-bond acceptors (Lipinski definition) is 4. The molecule has 2 rings (SSSR count). The maximum absolute atomic E-state index is 10.8. The Bertz CT molecular complexity index is 594. The van der Waals surface area contributed by atoms with Crippen molar-refractivity contribution in [2.45, 2.75) is 19.9 Å². The summed E-state index contributed by atoms with van der Waals surface area (Å²) in [6.45, 7) is 4.12. The van der Waals surface area contributed by atoms with E-state index in [4.69, 9.17) is 5.11 Å². The van der Waals surface area contributed by atoms with E-state index in [1.165, 1.54) is 23.5 Å². The molecule has 20 heavy (non-hydrogen) atoms. The molecule has 0 amide bonds. The molecular formula is C15H17N3O2. The van der Waals surface area contributed by atoms with Gasteiger partial charge in [-0.25, -0.2) is 14.8 Å². The Kier molecular flexibility index (Phi) is 3.98. The molecule has 104 valence electrons. The molecule has 0 saturated heterocycles.